The maximum Gasteiger partial charge on any atom is 0.141 e. The van der Waals surface area contributed by atoms with Gasteiger partial charge in [-0.3, -0.25) is 9.88 Å². The summed E-state index contributed by atoms with van der Waals surface area (Å²) in [4.78, 5) is 6.27. The van der Waals surface area contributed by atoms with Gasteiger partial charge in [0.1, 0.15) is 5.82 Å². The van der Waals surface area contributed by atoms with Crippen LogP contribution in [0.4, 0.5) is 4.39 Å². The molecule has 100 valence electrons. The first-order valence-corrected chi connectivity index (χ1v) is 6.80. The van der Waals surface area contributed by atoms with E-state index in [1.807, 2.05) is 0 Å². The number of nitrogens with one attached hydrogen (secondary N) is 1. The molecule has 1 atom stereocenters. The van der Waals surface area contributed by atoms with Crippen molar-refractivity contribution < 1.29 is 4.39 Å². The quantitative estimate of drug-likeness (QED) is 0.868. The van der Waals surface area contributed by atoms with Crippen molar-refractivity contribution in [1.82, 2.24) is 15.2 Å². The van der Waals surface area contributed by atoms with E-state index in [1.54, 1.807) is 12.3 Å². The molecule has 4 heteroatoms. The Kier molecular flexibility index (Phi) is 5.08. The number of halogens is 1. The van der Waals surface area contributed by atoms with Gasteiger partial charge in [-0.05, 0) is 50.0 Å². The number of pyridine rings is 1. The molecule has 0 amide bonds. The lowest BCUT2D eigenvalue weighted by Gasteiger charge is -2.29. The summed E-state index contributed by atoms with van der Waals surface area (Å²) in [6.45, 7) is 7.28. The molecule has 3 nitrogen and oxygen atoms in total. The van der Waals surface area contributed by atoms with E-state index < -0.39 is 0 Å². The Balaban J connectivity index is 1.88. The van der Waals surface area contributed by atoms with Gasteiger partial charge >= 0.3 is 0 Å². The van der Waals surface area contributed by atoms with Crippen molar-refractivity contribution in [3.63, 3.8) is 0 Å². The molecule has 1 aliphatic heterocycles. The molecule has 0 bridgehead atoms. The summed E-state index contributed by atoms with van der Waals surface area (Å²) in [5.41, 5.74) is 0.959. The molecular formula is C14H22FN3. The van der Waals surface area contributed by atoms with Crippen LogP contribution in [0.3, 0.4) is 0 Å². The summed E-state index contributed by atoms with van der Waals surface area (Å²) < 4.78 is 13.1. The number of aromatic nitrogens is 1. The maximum absolute atomic E-state index is 13.1. The number of hydrogen-bond acceptors (Lipinski definition) is 3. The molecule has 1 aromatic rings. The molecule has 0 aliphatic carbocycles. The third kappa shape index (κ3) is 4.03. The van der Waals surface area contributed by atoms with Crippen molar-refractivity contribution in [3.8, 4) is 0 Å². The zero-order chi connectivity index (χ0) is 12.8. The Morgan fingerprint density at radius 2 is 2.39 bits per heavy atom. The van der Waals surface area contributed by atoms with Gasteiger partial charge in [-0.2, -0.15) is 0 Å². The highest BCUT2D eigenvalue weighted by atomic mass is 19.1. The maximum atomic E-state index is 13.1. The molecule has 1 saturated heterocycles. The molecule has 2 rings (SSSR count). The van der Waals surface area contributed by atoms with Gasteiger partial charge in [0.15, 0.2) is 0 Å². The Morgan fingerprint density at radius 1 is 1.50 bits per heavy atom. The van der Waals surface area contributed by atoms with Crippen molar-refractivity contribution in [2.45, 2.75) is 26.3 Å². The predicted molar refractivity (Wildman–Crippen MR) is 70.7 cm³/mol. The fourth-order valence-electron chi connectivity index (χ4n) is 2.55. The largest absolute Gasteiger partial charge is 0.316 e. The van der Waals surface area contributed by atoms with Crippen LogP contribution in [0.5, 0.6) is 0 Å². The lowest BCUT2D eigenvalue weighted by Crippen LogP contribution is -2.38. The second-order valence-corrected chi connectivity index (χ2v) is 5.05. The summed E-state index contributed by atoms with van der Waals surface area (Å²) >= 11 is 0. The van der Waals surface area contributed by atoms with Gasteiger partial charge in [0.25, 0.3) is 0 Å². The van der Waals surface area contributed by atoms with Crippen LogP contribution in [0.2, 0.25) is 0 Å². The van der Waals surface area contributed by atoms with Crippen molar-refractivity contribution in [3.05, 3.63) is 29.8 Å². The molecule has 0 aromatic carbocycles. The van der Waals surface area contributed by atoms with Crippen molar-refractivity contribution in [2.24, 2.45) is 5.92 Å². The Labute approximate surface area is 108 Å². The highest BCUT2D eigenvalue weighted by Gasteiger charge is 2.16. The second kappa shape index (κ2) is 6.81. The minimum atomic E-state index is -0.247. The van der Waals surface area contributed by atoms with Gasteiger partial charge in [-0.1, -0.05) is 6.92 Å². The van der Waals surface area contributed by atoms with E-state index in [9.17, 15) is 4.39 Å². The van der Waals surface area contributed by atoms with E-state index in [0.29, 0.717) is 0 Å². The molecule has 1 unspecified atom stereocenters. The average Bonchev–Trinajstić information content (AvgIpc) is 2.39. The van der Waals surface area contributed by atoms with Crippen LogP contribution in [0.1, 0.15) is 25.3 Å². The van der Waals surface area contributed by atoms with Gasteiger partial charge < -0.3 is 5.32 Å². The van der Waals surface area contributed by atoms with Gasteiger partial charge in [0.2, 0.25) is 0 Å². The zero-order valence-corrected chi connectivity index (χ0v) is 11.0. The Bertz CT molecular complexity index is 364. The fraction of sp³-hybridized carbons (Fsp3) is 0.643. The number of piperidine rings is 1. The van der Waals surface area contributed by atoms with Gasteiger partial charge in [0, 0.05) is 19.3 Å². The van der Waals surface area contributed by atoms with E-state index >= 15 is 0 Å². The van der Waals surface area contributed by atoms with E-state index in [1.165, 1.54) is 19.0 Å². The van der Waals surface area contributed by atoms with Gasteiger partial charge in [-0.25, -0.2) is 4.39 Å². The summed E-state index contributed by atoms with van der Waals surface area (Å²) in [6, 6.07) is 1.58. The predicted octanol–water partition coefficient (Wildman–Crippen LogP) is 2.04. The van der Waals surface area contributed by atoms with E-state index in [-0.39, 0.29) is 5.82 Å². The minimum absolute atomic E-state index is 0.247. The van der Waals surface area contributed by atoms with Crippen LogP contribution in [-0.4, -0.2) is 36.1 Å². The smallest absolute Gasteiger partial charge is 0.141 e. The summed E-state index contributed by atoms with van der Waals surface area (Å²) in [7, 11) is 0. The van der Waals surface area contributed by atoms with Crippen LogP contribution >= 0.6 is 0 Å². The number of nitrogens with zero attached hydrogens (tertiary/aromatic N) is 2. The molecule has 0 saturated carbocycles. The third-order valence-electron chi connectivity index (χ3n) is 3.53. The number of hydrogen-bond donors (Lipinski definition) is 1. The summed E-state index contributed by atoms with van der Waals surface area (Å²) in [6.07, 6.45) is 5.57. The lowest BCUT2D eigenvalue weighted by molar-refractivity contribution is 0.209. The SMILES string of the molecule is CCN(Cc1cncc(F)c1)CC1CCCNC1. The highest BCUT2D eigenvalue weighted by molar-refractivity contribution is 5.09. The molecule has 0 spiro atoms. The Hall–Kier alpha value is -1.00. The molecule has 1 N–H and O–H groups in total. The molecule has 1 fully saturated rings. The third-order valence-corrected chi connectivity index (χ3v) is 3.53. The molecule has 1 aliphatic rings. The topological polar surface area (TPSA) is 28.2 Å². The second-order valence-electron chi connectivity index (χ2n) is 5.05. The van der Waals surface area contributed by atoms with E-state index in [0.717, 1.165) is 44.2 Å². The summed E-state index contributed by atoms with van der Waals surface area (Å²) in [5.74, 6) is 0.475. The first-order valence-electron chi connectivity index (χ1n) is 6.80. The number of rotatable bonds is 5. The fourth-order valence-corrected chi connectivity index (χ4v) is 2.55. The first-order chi connectivity index (χ1) is 8.78. The van der Waals surface area contributed by atoms with Crippen molar-refractivity contribution in [2.75, 3.05) is 26.2 Å². The van der Waals surface area contributed by atoms with Crippen molar-refractivity contribution >= 4 is 0 Å². The first kappa shape index (κ1) is 13.4. The van der Waals surface area contributed by atoms with Crippen LogP contribution in [0.15, 0.2) is 18.5 Å². The molecule has 18 heavy (non-hydrogen) atoms. The average molecular weight is 251 g/mol. The van der Waals surface area contributed by atoms with Crippen molar-refractivity contribution in [1.29, 1.82) is 0 Å². The van der Waals surface area contributed by atoms with E-state index in [2.05, 4.69) is 22.1 Å². The zero-order valence-electron chi connectivity index (χ0n) is 11.0. The monoisotopic (exact) mass is 251 g/mol. The molecule has 2 heterocycles. The van der Waals surface area contributed by atoms with E-state index in [4.69, 9.17) is 0 Å². The molecular weight excluding hydrogens is 229 g/mol. The minimum Gasteiger partial charge on any atom is -0.316 e. The van der Waals surface area contributed by atoms with Crippen LogP contribution in [0.25, 0.3) is 0 Å². The van der Waals surface area contributed by atoms with Gasteiger partial charge in [-0.15, -0.1) is 0 Å². The van der Waals surface area contributed by atoms with Crippen LogP contribution < -0.4 is 5.32 Å². The molecule has 0 radical (unpaired) electrons. The summed E-state index contributed by atoms with van der Waals surface area (Å²) in [5, 5.41) is 3.44. The highest BCUT2D eigenvalue weighted by Crippen LogP contribution is 2.13. The van der Waals surface area contributed by atoms with Crippen LogP contribution in [-0.2, 0) is 6.54 Å². The Morgan fingerprint density at radius 3 is 3.06 bits per heavy atom. The molecule has 1 aromatic heterocycles. The standard InChI is InChI=1S/C14H22FN3/c1-2-18(10-12-4-3-5-16-7-12)11-13-6-14(15)9-17-8-13/h6,8-9,12,16H,2-5,7,10-11H2,1H3. The van der Waals surface area contributed by atoms with Crippen LogP contribution in [0, 0.1) is 11.7 Å². The lowest BCUT2D eigenvalue weighted by atomic mass is 9.99. The van der Waals surface area contributed by atoms with Gasteiger partial charge in [0.05, 0.1) is 6.20 Å². The normalized spacial score (nSPS) is 20.3.